The van der Waals surface area contributed by atoms with Gasteiger partial charge in [-0.05, 0) is 6.42 Å². The Bertz CT molecular complexity index is 385. The Hall–Kier alpha value is -0.980. The molecular formula is C15H26F3NO7. The molecule has 0 spiro atoms. The highest BCUT2D eigenvalue weighted by Gasteiger charge is 2.43. The fourth-order valence-corrected chi connectivity index (χ4v) is 2.04. The van der Waals surface area contributed by atoms with Crippen LogP contribution in [0.25, 0.3) is 0 Å². The average molecular weight is 389 g/mol. The molecule has 26 heavy (non-hydrogen) atoms. The number of carbonyl (C=O) groups is 1. The maximum absolute atomic E-state index is 12.1. The molecule has 0 amide bonds. The van der Waals surface area contributed by atoms with Crippen LogP contribution in [0.3, 0.4) is 0 Å². The highest BCUT2D eigenvalue weighted by molar-refractivity contribution is 5.75. The van der Waals surface area contributed by atoms with Crippen molar-refractivity contribution in [3.63, 3.8) is 0 Å². The van der Waals surface area contributed by atoms with Gasteiger partial charge in [0, 0.05) is 13.7 Å². The molecule has 0 bridgehead atoms. The fraction of sp³-hybridized carbons (Fsp3) is 0.933. The summed E-state index contributed by atoms with van der Waals surface area (Å²) in [4.78, 5) is 15.0. The summed E-state index contributed by atoms with van der Waals surface area (Å²) in [6.07, 6.45) is -4.80. The number of alkyl halides is 3. The molecule has 1 saturated heterocycles. The van der Waals surface area contributed by atoms with E-state index in [1.807, 2.05) is 0 Å². The van der Waals surface area contributed by atoms with Gasteiger partial charge in [-0.25, -0.2) is 4.79 Å². The summed E-state index contributed by atoms with van der Waals surface area (Å²) in [5.41, 5.74) is 0. The van der Waals surface area contributed by atoms with Gasteiger partial charge in [0.2, 0.25) is 0 Å². The minimum atomic E-state index is -5.00. The van der Waals surface area contributed by atoms with Crippen molar-refractivity contribution in [1.82, 2.24) is 5.06 Å². The number of hydrogen-bond acceptors (Lipinski definition) is 8. The maximum atomic E-state index is 12.1. The van der Waals surface area contributed by atoms with Crippen LogP contribution in [-0.2, 0) is 33.3 Å². The van der Waals surface area contributed by atoms with Crippen molar-refractivity contribution in [2.75, 3.05) is 73.1 Å². The summed E-state index contributed by atoms with van der Waals surface area (Å²) in [6.45, 7) is 3.82. The first kappa shape index (κ1) is 23.1. The summed E-state index contributed by atoms with van der Waals surface area (Å²) in [6, 6.07) is 0. The van der Waals surface area contributed by atoms with E-state index in [4.69, 9.17) is 23.7 Å². The van der Waals surface area contributed by atoms with Crippen LogP contribution >= 0.6 is 0 Å². The fourth-order valence-electron chi connectivity index (χ4n) is 2.04. The minimum absolute atomic E-state index is 0.105. The Balaban J connectivity index is 1.89. The first-order valence-corrected chi connectivity index (χ1v) is 8.31. The number of carbonyl (C=O) groups excluding carboxylic acids is 1. The normalized spacial score (nSPS) is 18.4. The van der Waals surface area contributed by atoms with Crippen LogP contribution in [0, 0.1) is 0 Å². The molecule has 11 heteroatoms. The molecule has 0 aromatic rings. The zero-order valence-corrected chi connectivity index (χ0v) is 14.8. The van der Waals surface area contributed by atoms with E-state index in [9.17, 15) is 18.0 Å². The van der Waals surface area contributed by atoms with Crippen LogP contribution in [0.1, 0.15) is 6.42 Å². The topological polar surface area (TPSA) is 75.7 Å². The number of nitrogens with zero attached hydrogens (tertiary/aromatic N) is 1. The third kappa shape index (κ3) is 10.9. The Labute approximate surface area is 150 Å². The molecule has 0 N–H and O–H groups in total. The molecule has 1 rings (SSSR count). The van der Waals surface area contributed by atoms with E-state index in [0.717, 1.165) is 5.06 Å². The van der Waals surface area contributed by atoms with E-state index in [-0.39, 0.29) is 19.2 Å². The molecule has 1 aliphatic heterocycles. The smallest absolute Gasteiger partial charge is 0.382 e. The summed E-state index contributed by atoms with van der Waals surface area (Å²) in [5, 5.41) is 0.962. The van der Waals surface area contributed by atoms with E-state index >= 15 is 0 Å². The van der Waals surface area contributed by atoms with E-state index in [1.165, 1.54) is 0 Å². The highest BCUT2D eigenvalue weighted by atomic mass is 19.4. The highest BCUT2D eigenvalue weighted by Crippen LogP contribution is 2.20. The van der Waals surface area contributed by atoms with E-state index in [1.54, 1.807) is 7.11 Å². The molecule has 0 aromatic carbocycles. The molecule has 0 aromatic heterocycles. The molecule has 0 radical (unpaired) electrons. The second kappa shape index (κ2) is 13.2. The third-order valence-corrected chi connectivity index (χ3v) is 3.31. The van der Waals surface area contributed by atoms with Gasteiger partial charge in [-0.1, -0.05) is 0 Å². The quantitative estimate of drug-likeness (QED) is 0.404. The largest absolute Gasteiger partial charge is 0.492 e. The van der Waals surface area contributed by atoms with E-state index in [2.05, 4.69) is 4.84 Å². The van der Waals surface area contributed by atoms with Gasteiger partial charge in [0.15, 0.2) is 0 Å². The van der Waals surface area contributed by atoms with Gasteiger partial charge in [0.1, 0.15) is 0 Å². The molecule has 0 aliphatic carbocycles. The predicted octanol–water partition coefficient (Wildman–Crippen LogP) is 0.794. The van der Waals surface area contributed by atoms with Crippen LogP contribution in [0.4, 0.5) is 13.2 Å². The first-order chi connectivity index (χ1) is 12.4. The lowest BCUT2D eigenvalue weighted by Gasteiger charge is -2.16. The minimum Gasteiger partial charge on any atom is -0.382 e. The van der Waals surface area contributed by atoms with Gasteiger partial charge in [0.25, 0.3) is 0 Å². The van der Waals surface area contributed by atoms with Crippen molar-refractivity contribution in [1.29, 1.82) is 0 Å². The monoisotopic (exact) mass is 389 g/mol. The number of methoxy groups -OCH3 is 1. The molecule has 1 atom stereocenters. The third-order valence-electron chi connectivity index (χ3n) is 3.31. The summed E-state index contributed by atoms with van der Waals surface area (Å²) in [5.74, 6) is -2.22. The van der Waals surface area contributed by atoms with Crippen LogP contribution in [0.2, 0.25) is 0 Å². The van der Waals surface area contributed by atoms with E-state index in [0.29, 0.717) is 59.3 Å². The summed E-state index contributed by atoms with van der Waals surface area (Å²) < 4.78 is 62.4. The molecular weight excluding hydrogens is 363 g/mol. The Morgan fingerprint density at radius 3 is 2.04 bits per heavy atom. The van der Waals surface area contributed by atoms with Crippen molar-refractivity contribution in [3.05, 3.63) is 0 Å². The van der Waals surface area contributed by atoms with Crippen molar-refractivity contribution < 1.29 is 46.5 Å². The van der Waals surface area contributed by atoms with Crippen molar-refractivity contribution in [2.45, 2.75) is 18.7 Å². The molecule has 8 nitrogen and oxygen atoms in total. The van der Waals surface area contributed by atoms with Crippen molar-refractivity contribution in [2.24, 2.45) is 0 Å². The summed E-state index contributed by atoms with van der Waals surface area (Å²) in [7, 11) is 1.60. The van der Waals surface area contributed by atoms with Crippen molar-refractivity contribution >= 4 is 5.97 Å². The second-order valence-corrected chi connectivity index (χ2v) is 5.38. The predicted molar refractivity (Wildman–Crippen MR) is 82.4 cm³/mol. The molecule has 0 saturated carbocycles. The van der Waals surface area contributed by atoms with Crippen molar-refractivity contribution in [3.8, 4) is 0 Å². The van der Waals surface area contributed by atoms with Gasteiger partial charge < -0.3 is 28.5 Å². The Kier molecular flexibility index (Phi) is 11.7. The molecule has 0 unspecified atom stereocenters. The van der Waals surface area contributed by atoms with Gasteiger partial charge in [-0.15, -0.1) is 5.06 Å². The number of ether oxygens (including phenoxy) is 5. The molecule has 1 heterocycles. The van der Waals surface area contributed by atoms with Crippen LogP contribution in [-0.4, -0.2) is 96.4 Å². The van der Waals surface area contributed by atoms with Crippen LogP contribution < -0.4 is 0 Å². The molecule has 154 valence electrons. The summed E-state index contributed by atoms with van der Waals surface area (Å²) >= 11 is 0. The van der Waals surface area contributed by atoms with E-state index < -0.39 is 12.1 Å². The zero-order valence-electron chi connectivity index (χ0n) is 14.8. The zero-order chi connectivity index (χ0) is 19.3. The lowest BCUT2D eigenvalue weighted by molar-refractivity contribution is -0.236. The first-order valence-electron chi connectivity index (χ1n) is 8.31. The van der Waals surface area contributed by atoms with Gasteiger partial charge in [-0.2, -0.15) is 13.2 Å². The number of halogens is 3. The van der Waals surface area contributed by atoms with Gasteiger partial charge in [0.05, 0.1) is 65.5 Å². The average Bonchev–Trinajstić information content (AvgIpc) is 3.02. The van der Waals surface area contributed by atoms with Gasteiger partial charge >= 0.3 is 12.1 Å². The number of rotatable bonds is 14. The van der Waals surface area contributed by atoms with Crippen LogP contribution in [0.5, 0.6) is 0 Å². The lowest BCUT2D eigenvalue weighted by atomic mass is 10.3. The number of hydroxylamine groups is 2. The van der Waals surface area contributed by atoms with Crippen LogP contribution in [0.15, 0.2) is 0 Å². The SMILES string of the molecule is COCCOCCOCCOCCO[C@@H]1CCN(OC(=O)C(F)(F)F)C1. The second-order valence-electron chi connectivity index (χ2n) is 5.38. The molecule has 1 fully saturated rings. The standard InChI is InChI=1S/C15H26F3NO7/c1-21-4-5-22-6-7-23-8-9-24-10-11-25-13-2-3-19(12-13)26-14(20)15(16,17)18/h13H,2-12H2,1H3/t13-/m1/s1. The molecule has 1 aliphatic rings. The Morgan fingerprint density at radius 1 is 0.962 bits per heavy atom. The number of hydrogen-bond donors (Lipinski definition) is 0. The maximum Gasteiger partial charge on any atom is 0.492 e. The Morgan fingerprint density at radius 2 is 1.50 bits per heavy atom. The lowest BCUT2D eigenvalue weighted by Crippen LogP contribution is -2.34. The van der Waals surface area contributed by atoms with Gasteiger partial charge in [-0.3, -0.25) is 0 Å².